The summed E-state index contributed by atoms with van der Waals surface area (Å²) >= 11 is 0. The molecule has 22 heavy (non-hydrogen) atoms. The molecule has 6 heteroatoms. The quantitative estimate of drug-likeness (QED) is 0.843. The predicted molar refractivity (Wildman–Crippen MR) is 82.1 cm³/mol. The van der Waals surface area contributed by atoms with Crippen molar-refractivity contribution in [3.8, 4) is 5.75 Å². The molecule has 1 aromatic carbocycles. The van der Waals surface area contributed by atoms with Gasteiger partial charge in [0.1, 0.15) is 11.4 Å². The summed E-state index contributed by atoms with van der Waals surface area (Å²) in [5.41, 5.74) is 0.248. The predicted octanol–water partition coefficient (Wildman–Crippen LogP) is 2.46. The number of rotatable bonds is 6. The van der Waals surface area contributed by atoms with E-state index >= 15 is 0 Å². The summed E-state index contributed by atoms with van der Waals surface area (Å²) < 4.78 is 10.1. The van der Waals surface area contributed by atoms with E-state index in [4.69, 9.17) is 9.47 Å². The largest absolute Gasteiger partial charge is 0.497 e. The molecule has 6 nitrogen and oxygen atoms in total. The molecule has 1 amide bonds. The Morgan fingerprint density at radius 1 is 1.23 bits per heavy atom. The molecule has 0 saturated heterocycles. The minimum Gasteiger partial charge on any atom is -0.497 e. The van der Waals surface area contributed by atoms with E-state index in [1.807, 2.05) is 12.1 Å². The lowest BCUT2D eigenvalue weighted by Gasteiger charge is -2.21. The lowest BCUT2D eigenvalue weighted by molar-refractivity contribution is -0.141. The molecule has 2 N–H and O–H groups in total. The van der Waals surface area contributed by atoms with E-state index in [-0.39, 0.29) is 6.54 Å². The van der Waals surface area contributed by atoms with Gasteiger partial charge < -0.3 is 19.9 Å². The van der Waals surface area contributed by atoms with Gasteiger partial charge in [-0.05, 0) is 44.9 Å². The minimum atomic E-state index is -0.966. The van der Waals surface area contributed by atoms with Crippen molar-refractivity contribution in [2.75, 3.05) is 13.7 Å². The Morgan fingerprint density at radius 3 is 2.27 bits per heavy atom. The van der Waals surface area contributed by atoms with Crippen LogP contribution in [0.25, 0.3) is 0 Å². The van der Waals surface area contributed by atoms with Gasteiger partial charge in [0.15, 0.2) is 0 Å². The summed E-state index contributed by atoms with van der Waals surface area (Å²) in [4.78, 5) is 22.9. The van der Waals surface area contributed by atoms with Crippen LogP contribution in [-0.4, -0.2) is 36.4 Å². The van der Waals surface area contributed by atoms with Crippen LogP contribution in [0.1, 0.15) is 26.3 Å². The number of methoxy groups -OCH3 is 1. The minimum absolute atomic E-state index is 0.0102. The van der Waals surface area contributed by atoms with Crippen molar-refractivity contribution in [2.24, 2.45) is 5.92 Å². The van der Waals surface area contributed by atoms with Crippen molar-refractivity contribution in [1.82, 2.24) is 5.32 Å². The van der Waals surface area contributed by atoms with Crippen LogP contribution >= 0.6 is 0 Å². The number of ether oxygens (including phenoxy) is 2. The highest BCUT2D eigenvalue weighted by Crippen LogP contribution is 2.15. The molecule has 0 aliphatic heterocycles. The van der Waals surface area contributed by atoms with Crippen LogP contribution < -0.4 is 10.1 Å². The van der Waals surface area contributed by atoms with E-state index in [0.717, 1.165) is 5.56 Å². The van der Waals surface area contributed by atoms with E-state index < -0.39 is 23.6 Å². The van der Waals surface area contributed by atoms with Gasteiger partial charge >= 0.3 is 12.1 Å². The number of benzene rings is 1. The van der Waals surface area contributed by atoms with Gasteiger partial charge in [-0.25, -0.2) is 4.79 Å². The number of carbonyl (C=O) groups excluding carboxylic acids is 1. The second kappa shape index (κ2) is 7.68. The molecule has 0 fully saturated rings. The number of carbonyl (C=O) groups is 2. The number of carboxylic acid groups (broad SMARTS) is 1. The molecule has 1 atom stereocenters. The highest BCUT2D eigenvalue weighted by atomic mass is 16.6. The van der Waals surface area contributed by atoms with Crippen molar-refractivity contribution in [1.29, 1.82) is 0 Å². The number of aliphatic carboxylic acids is 1. The molecule has 0 aliphatic rings. The molecular weight excluding hydrogens is 286 g/mol. The third kappa shape index (κ3) is 6.47. The maximum absolute atomic E-state index is 11.6. The zero-order chi connectivity index (χ0) is 16.8. The van der Waals surface area contributed by atoms with Gasteiger partial charge in [0.25, 0.3) is 0 Å². The molecule has 0 unspecified atom stereocenters. The maximum Gasteiger partial charge on any atom is 0.407 e. The van der Waals surface area contributed by atoms with E-state index in [1.54, 1.807) is 40.0 Å². The fourth-order valence-corrected chi connectivity index (χ4v) is 1.81. The van der Waals surface area contributed by atoms with Crippen molar-refractivity contribution in [3.05, 3.63) is 29.8 Å². The highest BCUT2D eigenvalue weighted by molar-refractivity contribution is 5.73. The fourth-order valence-electron chi connectivity index (χ4n) is 1.81. The van der Waals surface area contributed by atoms with Gasteiger partial charge in [0, 0.05) is 6.54 Å². The Balaban J connectivity index is 2.58. The van der Waals surface area contributed by atoms with Crippen molar-refractivity contribution in [2.45, 2.75) is 32.8 Å². The molecule has 0 aliphatic carbocycles. The highest BCUT2D eigenvalue weighted by Gasteiger charge is 2.21. The van der Waals surface area contributed by atoms with Crippen LogP contribution in [0.4, 0.5) is 4.79 Å². The van der Waals surface area contributed by atoms with Crippen molar-refractivity contribution < 1.29 is 24.2 Å². The molecule has 0 heterocycles. The van der Waals surface area contributed by atoms with Crippen LogP contribution in [0, 0.1) is 5.92 Å². The molecule has 1 rings (SSSR count). The van der Waals surface area contributed by atoms with Gasteiger partial charge in [-0.1, -0.05) is 12.1 Å². The normalized spacial score (nSPS) is 12.4. The second-order valence-electron chi connectivity index (χ2n) is 5.97. The number of carboxylic acids is 1. The lowest BCUT2D eigenvalue weighted by Crippen LogP contribution is -2.37. The SMILES string of the molecule is COc1ccc(C[C@@H](CNC(=O)OC(C)(C)C)C(=O)O)cc1. The Morgan fingerprint density at radius 2 is 1.82 bits per heavy atom. The Kier molecular flexibility index (Phi) is 6.22. The molecule has 1 aromatic rings. The molecular formula is C16H23NO5. The first-order valence-corrected chi connectivity index (χ1v) is 7.04. The van der Waals surface area contributed by atoms with Gasteiger partial charge in [-0.15, -0.1) is 0 Å². The fraction of sp³-hybridized carbons (Fsp3) is 0.500. The van der Waals surface area contributed by atoms with Crippen LogP contribution in [-0.2, 0) is 16.0 Å². The van der Waals surface area contributed by atoms with E-state index in [9.17, 15) is 14.7 Å². The number of nitrogens with one attached hydrogen (secondary N) is 1. The summed E-state index contributed by atoms with van der Waals surface area (Å²) in [6.45, 7) is 5.26. The summed E-state index contributed by atoms with van der Waals surface area (Å²) in [7, 11) is 1.57. The first kappa shape index (κ1) is 17.8. The zero-order valence-corrected chi connectivity index (χ0v) is 13.4. The summed E-state index contributed by atoms with van der Waals surface area (Å²) in [6, 6.07) is 7.16. The van der Waals surface area contributed by atoms with Crippen molar-refractivity contribution >= 4 is 12.1 Å². The average molecular weight is 309 g/mol. The smallest absolute Gasteiger partial charge is 0.407 e. The Bertz CT molecular complexity index is 504. The first-order valence-electron chi connectivity index (χ1n) is 7.04. The van der Waals surface area contributed by atoms with Crippen molar-refractivity contribution in [3.63, 3.8) is 0 Å². The average Bonchev–Trinajstić information content (AvgIpc) is 2.41. The van der Waals surface area contributed by atoms with E-state index in [0.29, 0.717) is 12.2 Å². The summed E-state index contributed by atoms with van der Waals surface area (Å²) in [5.74, 6) is -0.977. The zero-order valence-electron chi connectivity index (χ0n) is 13.4. The topological polar surface area (TPSA) is 84.9 Å². The lowest BCUT2D eigenvalue weighted by atomic mass is 9.99. The summed E-state index contributed by atoms with van der Waals surface area (Å²) in [5, 5.41) is 11.8. The standard InChI is InChI=1S/C16H23NO5/c1-16(2,3)22-15(20)17-10-12(14(18)19)9-11-5-7-13(21-4)8-6-11/h5-8,12H,9-10H2,1-4H3,(H,17,20)(H,18,19)/t12-/m0/s1. The molecule has 0 aromatic heterocycles. The summed E-state index contributed by atoms with van der Waals surface area (Å²) in [6.07, 6.45) is -0.303. The maximum atomic E-state index is 11.6. The van der Waals surface area contributed by atoms with Gasteiger partial charge in [0.05, 0.1) is 13.0 Å². The number of amides is 1. The molecule has 0 saturated carbocycles. The van der Waals surface area contributed by atoms with Crippen LogP contribution in [0.5, 0.6) is 5.75 Å². The molecule has 0 spiro atoms. The first-order chi connectivity index (χ1) is 10.2. The number of hydrogen-bond donors (Lipinski definition) is 2. The van der Waals surface area contributed by atoms with Gasteiger partial charge in [0.2, 0.25) is 0 Å². The van der Waals surface area contributed by atoms with Crippen LogP contribution in [0.2, 0.25) is 0 Å². The monoisotopic (exact) mass is 309 g/mol. The Hall–Kier alpha value is -2.24. The third-order valence-corrected chi connectivity index (χ3v) is 2.88. The molecule has 0 radical (unpaired) electrons. The van der Waals surface area contributed by atoms with Gasteiger partial charge in [-0.3, -0.25) is 4.79 Å². The van der Waals surface area contributed by atoms with E-state index in [1.165, 1.54) is 0 Å². The number of alkyl carbamates (subject to hydrolysis) is 1. The van der Waals surface area contributed by atoms with Gasteiger partial charge in [-0.2, -0.15) is 0 Å². The molecule has 122 valence electrons. The second-order valence-corrected chi connectivity index (χ2v) is 5.97. The Labute approximate surface area is 130 Å². The van der Waals surface area contributed by atoms with E-state index in [2.05, 4.69) is 5.32 Å². The van der Waals surface area contributed by atoms with Crippen LogP contribution in [0.3, 0.4) is 0 Å². The van der Waals surface area contributed by atoms with Crippen LogP contribution in [0.15, 0.2) is 24.3 Å². The number of hydrogen-bond acceptors (Lipinski definition) is 4. The molecule has 0 bridgehead atoms. The third-order valence-electron chi connectivity index (χ3n) is 2.88.